The van der Waals surface area contributed by atoms with Crippen molar-refractivity contribution >= 4 is 18.4 Å². The fourth-order valence-corrected chi connectivity index (χ4v) is 4.86. The summed E-state index contributed by atoms with van der Waals surface area (Å²) in [4.78, 5) is 24.7. The van der Waals surface area contributed by atoms with Crippen LogP contribution in [0, 0.1) is 13.8 Å². The molecule has 2 heterocycles. The van der Waals surface area contributed by atoms with Crippen LogP contribution in [0.5, 0.6) is 5.75 Å². The average Bonchev–Trinajstić information content (AvgIpc) is 3.02. The lowest BCUT2D eigenvalue weighted by Crippen LogP contribution is -2.73. The Labute approximate surface area is 245 Å². The first-order valence-electron chi connectivity index (χ1n) is 14.0. The molecule has 0 saturated carbocycles. The Morgan fingerprint density at radius 2 is 1.33 bits per heavy atom. The number of nitrogens with zero attached hydrogens (tertiary/aromatic N) is 1. The summed E-state index contributed by atoms with van der Waals surface area (Å²) in [5.41, 5.74) is 5.15. The lowest BCUT2D eigenvalue weighted by Gasteiger charge is -2.33. The molecule has 5 nitrogen and oxygen atoms in total. The minimum absolute atomic E-state index is 0.00840. The number of carbonyl (C=O) groups excluding carboxylic acids is 2. The molecule has 1 aliphatic heterocycles. The number of aryl methyl sites for hydroxylation is 2. The summed E-state index contributed by atoms with van der Waals surface area (Å²) in [6.45, 7) is 1.18. The number of halogens is 1. The van der Waals surface area contributed by atoms with Crippen LogP contribution in [0.2, 0.25) is 0 Å². The Morgan fingerprint density at radius 3 is 2.02 bits per heavy atom. The van der Waals surface area contributed by atoms with Crippen molar-refractivity contribution in [3.05, 3.63) is 155 Å². The van der Waals surface area contributed by atoms with Crippen LogP contribution >= 0.6 is 0 Å². The van der Waals surface area contributed by atoms with Gasteiger partial charge in [0.2, 0.25) is 0 Å². The van der Waals surface area contributed by atoms with E-state index in [1.54, 1.807) is 54.7 Å². The van der Waals surface area contributed by atoms with Gasteiger partial charge in [0.25, 0.3) is 5.91 Å². The largest absolute Gasteiger partial charge is 0.704 e. The molecule has 4 aromatic carbocycles. The molecular formula is C35H32BFN2O3. The van der Waals surface area contributed by atoms with Crippen LogP contribution in [-0.2, 0) is 6.42 Å². The summed E-state index contributed by atoms with van der Waals surface area (Å²) in [5, 5.41) is 2.93. The molecule has 7 heteroatoms. The van der Waals surface area contributed by atoms with Crippen molar-refractivity contribution in [3.63, 3.8) is 0 Å². The summed E-state index contributed by atoms with van der Waals surface area (Å²) in [5.74, 6) is 0.373. The first-order chi connectivity index (χ1) is 20.3. The number of benzene rings is 4. The van der Waals surface area contributed by atoms with E-state index >= 15 is 4.32 Å². The number of amides is 1. The molecule has 0 radical (unpaired) electrons. The third-order valence-corrected chi connectivity index (χ3v) is 7.21. The third kappa shape index (κ3) is 6.31. The van der Waals surface area contributed by atoms with Crippen molar-refractivity contribution in [1.82, 2.24) is 5.32 Å². The molecule has 0 saturated heterocycles. The zero-order chi connectivity index (χ0) is 29.5. The number of para-hydroxylation sites is 1. The standard InChI is InChI=1S/C19H15BFNO2.C16H17NO/c1-14-9-11-15(12-10-14)19(23)20(21)22-13-5-4-7-17(22)16-6-2-3-8-18(16)24-20;1-13-7-9-15(10-8-13)16(18)17-12-11-14-5-3-2-4-6-14/h2-13H,1H3;2-10H,11-12H2,1H3,(H,17,18). The maximum atomic E-state index is 15.9. The monoisotopic (exact) mass is 558 g/mol. The first-order valence-corrected chi connectivity index (χ1v) is 14.0. The van der Waals surface area contributed by atoms with Crippen molar-refractivity contribution in [2.45, 2.75) is 20.3 Å². The summed E-state index contributed by atoms with van der Waals surface area (Å²) in [7, 11) is 0. The highest BCUT2D eigenvalue weighted by atomic mass is 19.1. The van der Waals surface area contributed by atoms with Crippen LogP contribution in [0.3, 0.4) is 0 Å². The minimum Gasteiger partial charge on any atom is -0.624 e. The van der Waals surface area contributed by atoms with Crippen molar-refractivity contribution in [2.75, 3.05) is 6.54 Å². The van der Waals surface area contributed by atoms with Gasteiger partial charge in [0.1, 0.15) is 6.20 Å². The van der Waals surface area contributed by atoms with Gasteiger partial charge in [0, 0.05) is 18.2 Å². The van der Waals surface area contributed by atoms with Crippen LogP contribution in [0.1, 0.15) is 37.4 Å². The normalized spacial score (nSPS) is 14.7. The molecule has 0 fully saturated rings. The zero-order valence-corrected chi connectivity index (χ0v) is 23.7. The summed E-state index contributed by atoms with van der Waals surface area (Å²) in [6.07, 6.45) is 2.41. The van der Waals surface area contributed by atoms with Crippen LogP contribution in [0.25, 0.3) is 11.3 Å². The molecule has 6 rings (SSSR count). The van der Waals surface area contributed by atoms with E-state index in [1.165, 1.54) is 10.0 Å². The molecule has 1 amide bonds. The van der Waals surface area contributed by atoms with E-state index < -0.39 is 12.4 Å². The van der Waals surface area contributed by atoms with Gasteiger partial charge in [-0.15, -0.1) is 0 Å². The lowest BCUT2D eigenvalue weighted by atomic mass is 9.65. The van der Waals surface area contributed by atoms with Gasteiger partial charge >= 0.3 is 6.76 Å². The summed E-state index contributed by atoms with van der Waals surface area (Å²) < 4.78 is 22.8. The Kier molecular flexibility index (Phi) is 8.58. The van der Waals surface area contributed by atoms with E-state index in [0.717, 1.165) is 23.1 Å². The van der Waals surface area contributed by atoms with Gasteiger partial charge in [-0.3, -0.25) is 4.79 Å². The third-order valence-electron chi connectivity index (χ3n) is 7.21. The number of rotatable bonds is 6. The predicted molar refractivity (Wildman–Crippen MR) is 164 cm³/mol. The van der Waals surface area contributed by atoms with E-state index in [4.69, 9.17) is 4.65 Å². The number of carbonyl (C=O) groups is 2. The molecule has 5 aromatic rings. The molecule has 0 spiro atoms. The topological polar surface area (TPSA) is 59.3 Å². The number of aromatic nitrogens is 1. The molecule has 1 aromatic heterocycles. The molecule has 210 valence electrons. The zero-order valence-electron chi connectivity index (χ0n) is 23.7. The molecule has 1 atom stereocenters. The molecule has 1 N–H and O–H groups in total. The summed E-state index contributed by atoms with van der Waals surface area (Å²) >= 11 is 0. The van der Waals surface area contributed by atoms with Crippen LogP contribution < -0.4 is 14.4 Å². The second-order valence-corrected chi connectivity index (χ2v) is 10.3. The second-order valence-electron chi connectivity index (χ2n) is 10.3. The van der Waals surface area contributed by atoms with Crippen LogP contribution in [0.15, 0.2) is 128 Å². The Balaban J connectivity index is 0.000000176. The first kappa shape index (κ1) is 28.5. The highest BCUT2D eigenvalue weighted by Crippen LogP contribution is 2.34. The Morgan fingerprint density at radius 1 is 0.738 bits per heavy atom. The predicted octanol–water partition coefficient (Wildman–Crippen LogP) is 6.49. The summed E-state index contributed by atoms with van der Waals surface area (Å²) in [6, 6.07) is 37.1. The van der Waals surface area contributed by atoms with Gasteiger partial charge in [-0.2, -0.15) is 0 Å². The van der Waals surface area contributed by atoms with Gasteiger partial charge < -0.3 is 23.6 Å². The highest BCUT2D eigenvalue weighted by Gasteiger charge is 2.55. The van der Waals surface area contributed by atoms with Gasteiger partial charge in [-0.05, 0) is 61.7 Å². The quantitative estimate of drug-likeness (QED) is 0.243. The minimum atomic E-state index is -3.41. The van der Waals surface area contributed by atoms with Gasteiger partial charge in [-0.1, -0.05) is 96.1 Å². The fraction of sp³-hybridized carbons (Fsp3) is 0.114. The van der Waals surface area contributed by atoms with Crippen LogP contribution in [0.4, 0.5) is 4.32 Å². The molecule has 0 bridgehead atoms. The van der Waals surface area contributed by atoms with Gasteiger partial charge in [0.15, 0.2) is 11.4 Å². The van der Waals surface area contributed by atoms with E-state index in [2.05, 4.69) is 17.4 Å². The Bertz CT molecular complexity index is 1690. The van der Waals surface area contributed by atoms with E-state index in [-0.39, 0.29) is 5.91 Å². The maximum absolute atomic E-state index is 15.9. The number of hydrogen-bond donors (Lipinski definition) is 1. The number of hydrogen-bond acceptors (Lipinski definition) is 3. The lowest BCUT2D eigenvalue weighted by molar-refractivity contribution is -0.554. The molecule has 1 unspecified atom stereocenters. The number of pyridine rings is 1. The van der Waals surface area contributed by atoms with Gasteiger partial charge in [0.05, 0.1) is 11.3 Å². The molecule has 1 aliphatic rings. The molecule has 0 aliphatic carbocycles. The fourth-order valence-electron chi connectivity index (χ4n) is 4.86. The van der Waals surface area contributed by atoms with Crippen molar-refractivity contribution in [3.8, 4) is 17.0 Å². The average molecular weight is 558 g/mol. The Hall–Kier alpha value is -5.04. The van der Waals surface area contributed by atoms with E-state index in [0.29, 0.717) is 29.1 Å². The maximum Gasteiger partial charge on any atom is 0.704 e. The van der Waals surface area contributed by atoms with Crippen molar-refractivity contribution in [1.29, 1.82) is 0 Å². The number of fused-ring (bicyclic) bond motifs is 3. The molecule has 42 heavy (non-hydrogen) atoms. The second kappa shape index (κ2) is 12.6. The highest BCUT2D eigenvalue weighted by molar-refractivity contribution is 6.93. The van der Waals surface area contributed by atoms with E-state index in [9.17, 15) is 9.59 Å². The van der Waals surface area contributed by atoms with Crippen molar-refractivity contribution < 1.29 is 23.0 Å². The molecular weight excluding hydrogens is 526 g/mol. The van der Waals surface area contributed by atoms with Crippen LogP contribution in [-0.4, -0.2) is 24.9 Å². The van der Waals surface area contributed by atoms with Gasteiger partial charge in [-0.25, -0.2) is 0 Å². The SMILES string of the molecule is Cc1ccc(C(=O)NCCc2ccccc2)cc1.Cc1ccc(C(=O)[B-]2(F)Oc3ccccc3-c3cccc[n+]32)cc1. The van der Waals surface area contributed by atoms with E-state index in [1.807, 2.05) is 74.5 Å². The number of nitrogens with one attached hydrogen (secondary N) is 1. The van der Waals surface area contributed by atoms with Crippen molar-refractivity contribution in [2.24, 2.45) is 0 Å². The smallest absolute Gasteiger partial charge is 0.624 e.